The van der Waals surface area contributed by atoms with Crippen LogP contribution in [0.3, 0.4) is 0 Å². The topological polar surface area (TPSA) is 4.93 Å². The highest BCUT2D eigenvalue weighted by molar-refractivity contribution is 6.25. The van der Waals surface area contributed by atoms with E-state index in [4.69, 9.17) is 0 Å². The van der Waals surface area contributed by atoms with E-state index in [1.165, 1.54) is 93.2 Å². The first-order chi connectivity index (χ1) is 26.8. The Kier molecular flexibility index (Phi) is 6.84. The molecule has 0 fully saturated rings. The maximum absolute atomic E-state index is 2.62. The molecule has 1 heterocycles. The lowest BCUT2D eigenvalue weighted by Crippen LogP contribution is -2.48. The van der Waals surface area contributed by atoms with E-state index in [0.717, 1.165) is 0 Å². The first-order valence-electron chi connectivity index (χ1n) is 19.8. The monoisotopic (exact) mass is 705 g/mol. The summed E-state index contributed by atoms with van der Waals surface area (Å²) in [5.74, 6) is 0.657. The average molecular weight is 706 g/mol. The molecule has 1 heteroatoms. The van der Waals surface area contributed by atoms with Gasteiger partial charge in [0.05, 0.1) is 11.0 Å². The van der Waals surface area contributed by atoms with Gasteiger partial charge in [-0.2, -0.15) is 0 Å². The van der Waals surface area contributed by atoms with Crippen molar-refractivity contribution in [1.29, 1.82) is 0 Å². The lowest BCUT2D eigenvalue weighted by molar-refractivity contribution is 0.191. The summed E-state index contributed by atoms with van der Waals surface area (Å²) in [6, 6.07) is 58.7. The predicted octanol–water partition coefficient (Wildman–Crippen LogP) is 14.5. The van der Waals surface area contributed by atoms with Crippen molar-refractivity contribution in [3.8, 4) is 22.3 Å². The number of hydrogen-bond donors (Lipinski definition) is 0. The van der Waals surface area contributed by atoms with Crippen LogP contribution in [0, 0.1) is 11.8 Å². The highest BCUT2D eigenvalue weighted by Gasteiger charge is 2.50. The van der Waals surface area contributed by atoms with E-state index < -0.39 is 0 Å². The molecular weight excluding hydrogens is 663 g/mol. The molecule has 0 saturated carbocycles. The summed E-state index contributed by atoms with van der Waals surface area (Å²) < 4.78 is 2.53. The Balaban J connectivity index is 1.12. The predicted molar refractivity (Wildman–Crippen MR) is 236 cm³/mol. The lowest BCUT2D eigenvalue weighted by Gasteiger charge is -2.53. The number of benzene rings is 8. The molecule has 8 aromatic carbocycles. The van der Waals surface area contributed by atoms with Gasteiger partial charge in [0, 0.05) is 16.5 Å². The third-order valence-electron chi connectivity index (χ3n) is 13.4. The van der Waals surface area contributed by atoms with Crippen molar-refractivity contribution in [3.63, 3.8) is 0 Å². The SMILES string of the molecule is CC1(C)c2cc3c4ccccc4c4ccccc4c3cc2C(C)(C)C2C=C(n3c4ccc(-c5ccccc5)cc4c4cc(-c5ccccc5)ccc43)C=CC21. The molecule has 0 radical (unpaired) electrons. The zero-order valence-electron chi connectivity index (χ0n) is 31.8. The van der Waals surface area contributed by atoms with Gasteiger partial charge in [-0.05, 0) is 131 Å². The van der Waals surface area contributed by atoms with E-state index >= 15 is 0 Å². The van der Waals surface area contributed by atoms with Crippen LogP contribution in [0.2, 0.25) is 0 Å². The van der Waals surface area contributed by atoms with Gasteiger partial charge in [-0.15, -0.1) is 0 Å². The van der Waals surface area contributed by atoms with Crippen molar-refractivity contribution in [1.82, 2.24) is 4.57 Å². The Morgan fingerprint density at radius 3 is 1.27 bits per heavy atom. The van der Waals surface area contributed by atoms with Crippen molar-refractivity contribution >= 4 is 59.8 Å². The standard InChI is InChI=1S/C54H43N/c1-53(2)47-26-25-38(31-48(47)54(3,4)50-33-44-42-22-14-12-20-40(42)39-19-11-13-21-41(39)43(44)32-49(50)53)55-51-27-23-36(34-15-7-5-8-16-34)29-45(51)46-30-37(24-28-52(46)55)35-17-9-6-10-18-35/h5-33,47-48H,1-4H3. The summed E-state index contributed by atoms with van der Waals surface area (Å²) in [7, 11) is 0. The summed E-state index contributed by atoms with van der Waals surface area (Å²) in [6.45, 7) is 9.94. The number of aromatic nitrogens is 1. The highest BCUT2D eigenvalue weighted by atomic mass is 15.0. The molecule has 0 amide bonds. The highest BCUT2D eigenvalue weighted by Crippen LogP contribution is 2.57. The largest absolute Gasteiger partial charge is 0.310 e. The van der Waals surface area contributed by atoms with Crippen LogP contribution in [0.1, 0.15) is 38.8 Å². The number of allylic oxidation sites excluding steroid dienone is 4. The van der Waals surface area contributed by atoms with Crippen LogP contribution in [0.4, 0.5) is 0 Å². The molecule has 1 nitrogen and oxygen atoms in total. The summed E-state index contributed by atoms with van der Waals surface area (Å²) in [6.07, 6.45) is 7.58. The minimum absolute atomic E-state index is 0.0645. The third-order valence-corrected chi connectivity index (χ3v) is 13.4. The van der Waals surface area contributed by atoms with Gasteiger partial charge in [0.2, 0.25) is 0 Å². The second-order valence-corrected chi connectivity index (χ2v) is 17.0. The molecule has 0 bridgehead atoms. The lowest BCUT2D eigenvalue weighted by atomic mass is 9.51. The summed E-state index contributed by atoms with van der Waals surface area (Å²) >= 11 is 0. The van der Waals surface area contributed by atoms with Crippen LogP contribution in [0.15, 0.2) is 176 Å². The first kappa shape index (κ1) is 32.3. The van der Waals surface area contributed by atoms with Crippen molar-refractivity contribution in [2.24, 2.45) is 11.8 Å². The maximum Gasteiger partial charge on any atom is 0.0541 e. The zero-order valence-corrected chi connectivity index (χ0v) is 31.8. The molecule has 0 spiro atoms. The summed E-state index contributed by atoms with van der Waals surface area (Å²) in [5, 5.41) is 10.6. The molecule has 0 saturated heterocycles. The van der Waals surface area contributed by atoms with Crippen LogP contribution in [0.25, 0.3) is 82.1 Å². The van der Waals surface area contributed by atoms with E-state index in [9.17, 15) is 0 Å². The molecule has 2 unspecified atom stereocenters. The summed E-state index contributed by atoms with van der Waals surface area (Å²) in [5.41, 5.74) is 11.5. The molecule has 264 valence electrons. The molecule has 2 aliphatic rings. The number of hydrogen-bond acceptors (Lipinski definition) is 0. The molecule has 11 rings (SSSR count). The van der Waals surface area contributed by atoms with E-state index in [1.807, 2.05) is 0 Å². The quantitative estimate of drug-likeness (QED) is 0.161. The Hall–Kier alpha value is -6.18. The van der Waals surface area contributed by atoms with Crippen molar-refractivity contribution in [2.75, 3.05) is 0 Å². The van der Waals surface area contributed by atoms with Crippen LogP contribution in [0.5, 0.6) is 0 Å². The Morgan fingerprint density at radius 2 is 0.800 bits per heavy atom. The molecule has 55 heavy (non-hydrogen) atoms. The van der Waals surface area contributed by atoms with Crippen LogP contribution in [-0.2, 0) is 10.8 Å². The Labute approximate surface area is 322 Å². The van der Waals surface area contributed by atoms with Crippen molar-refractivity contribution in [3.05, 3.63) is 187 Å². The maximum atomic E-state index is 2.62. The molecule has 0 N–H and O–H groups in total. The van der Waals surface area contributed by atoms with E-state index in [2.05, 4.69) is 208 Å². The third kappa shape index (κ3) is 4.66. The van der Waals surface area contributed by atoms with E-state index in [-0.39, 0.29) is 10.8 Å². The number of nitrogens with zero attached hydrogens (tertiary/aromatic N) is 1. The van der Waals surface area contributed by atoms with Gasteiger partial charge in [0.15, 0.2) is 0 Å². The molecule has 2 atom stereocenters. The fourth-order valence-corrected chi connectivity index (χ4v) is 10.5. The normalized spacial score (nSPS) is 18.5. The molecule has 9 aromatic rings. The van der Waals surface area contributed by atoms with Gasteiger partial charge in [0.25, 0.3) is 0 Å². The van der Waals surface area contributed by atoms with Gasteiger partial charge >= 0.3 is 0 Å². The van der Waals surface area contributed by atoms with Crippen LogP contribution >= 0.6 is 0 Å². The number of fused-ring (bicyclic) bond motifs is 11. The summed E-state index contributed by atoms with van der Waals surface area (Å²) in [4.78, 5) is 0. The fraction of sp³-hybridized carbons (Fsp3) is 0.148. The van der Waals surface area contributed by atoms with E-state index in [1.54, 1.807) is 0 Å². The fourth-order valence-electron chi connectivity index (χ4n) is 10.5. The van der Waals surface area contributed by atoms with Gasteiger partial charge < -0.3 is 4.57 Å². The second-order valence-electron chi connectivity index (χ2n) is 17.0. The number of rotatable bonds is 3. The van der Waals surface area contributed by atoms with Crippen molar-refractivity contribution < 1.29 is 0 Å². The van der Waals surface area contributed by atoms with Crippen molar-refractivity contribution in [2.45, 2.75) is 38.5 Å². The smallest absolute Gasteiger partial charge is 0.0541 e. The van der Waals surface area contributed by atoms with Crippen LogP contribution in [-0.4, -0.2) is 4.57 Å². The minimum atomic E-state index is -0.105. The molecule has 1 aromatic heterocycles. The van der Waals surface area contributed by atoms with Gasteiger partial charge in [-0.1, -0.05) is 161 Å². The minimum Gasteiger partial charge on any atom is -0.310 e. The molecule has 0 aliphatic heterocycles. The molecule has 2 aliphatic carbocycles. The second kappa shape index (κ2) is 11.7. The Morgan fingerprint density at radius 1 is 0.382 bits per heavy atom. The average Bonchev–Trinajstić information content (AvgIpc) is 3.56. The van der Waals surface area contributed by atoms with Gasteiger partial charge in [-0.3, -0.25) is 0 Å². The molecular formula is C54H43N. The Bertz CT molecular complexity index is 2980. The van der Waals surface area contributed by atoms with Crippen LogP contribution < -0.4 is 0 Å². The zero-order chi connectivity index (χ0) is 37.1. The van der Waals surface area contributed by atoms with Gasteiger partial charge in [-0.25, -0.2) is 0 Å². The van der Waals surface area contributed by atoms with E-state index in [0.29, 0.717) is 11.8 Å². The first-order valence-corrected chi connectivity index (χ1v) is 19.8. The van der Waals surface area contributed by atoms with Gasteiger partial charge in [0.1, 0.15) is 0 Å².